The monoisotopic (exact) mass is 354 g/mol. The van der Waals surface area contributed by atoms with E-state index in [2.05, 4.69) is 10.6 Å². The molecule has 2 N–H and O–H groups in total. The number of rotatable bonds is 4. The van der Waals surface area contributed by atoms with Gasteiger partial charge < -0.3 is 5.32 Å². The van der Waals surface area contributed by atoms with Crippen molar-refractivity contribution in [1.82, 2.24) is 5.32 Å². The number of anilines is 1. The lowest BCUT2D eigenvalue weighted by Gasteiger charge is -2.13. The van der Waals surface area contributed by atoms with Crippen molar-refractivity contribution in [3.8, 4) is 0 Å². The second kappa shape index (κ2) is 5.49. The van der Waals surface area contributed by atoms with Crippen molar-refractivity contribution in [2.24, 2.45) is 11.3 Å². The molecule has 122 valence electrons. The molecule has 1 aliphatic carbocycles. The summed E-state index contributed by atoms with van der Waals surface area (Å²) in [7, 11) is 0. The van der Waals surface area contributed by atoms with Gasteiger partial charge in [0.2, 0.25) is 17.7 Å². The number of carbonyl (C=O) groups excluding carboxylic acids is 3. The molecule has 1 aliphatic heterocycles. The van der Waals surface area contributed by atoms with Gasteiger partial charge in [0.15, 0.2) is 0 Å². The van der Waals surface area contributed by atoms with E-state index >= 15 is 0 Å². The number of nitrogens with one attached hydrogen (secondary N) is 2. The Morgan fingerprint density at radius 3 is 2.39 bits per heavy atom. The third-order valence-electron chi connectivity index (χ3n) is 4.52. The van der Waals surface area contributed by atoms with Gasteiger partial charge in [0.25, 0.3) is 0 Å². The fourth-order valence-electron chi connectivity index (χ4n) is 2.70. The fraction of sp³-hybridized carbons (Fsp3) is 0.438. The summed E-state index contributed by atoms with van der Waals surface area (Å²) in [6.45, 7) is 1.73. The molecule has 3 amide bonds. The first kappa shape index (κ1) is 16.3. The van der Waals surface area contributed by atoms with Crippen LogP contribution in [-0.4, -0.2) is 22.1 Å². The van der Waals surface area contributed by atoms with E-state index in [1.54, 1.807) is 19.1 Å². The molecule has 2 fully saturated rings. The number of halogens is 2. The van der Waals surface area contributed by atoms with Crippen molar-refractivity contribution < 1.29 is 14.4 Å². The summed E-state index contributed by atoms with van der Waals surface area (Å²) in [5.41, 5.74) is 0.805. The van der Waals surface area contributed by atoms with Gasteiger partial charge in [-0.05, 0) is 37.5 Å². The fourth-order valence-corrected chi connectivity index (χ4v) is 3.40. The summed E-state index contributed by atoms with van der Waals surface area (Å²) in [6, 6.07) is 7.18. The molecule has 1 saturated heterocycles. The summed E-state index contributed by atoms with van der Waals surface area (Å²) < 4.78 is -1.00. The predicted octanol–water partition coefficient (Wildman–Crippen LogP) is 2.41. The van der Waals surface area contributed by atoms with Crippen LogP contribution < -0.4 is 10.6 Å². The van der Waals surface area contributed by atoms with Gasteiger partial charge in [-0.3, -0.25) is 19.7 Å². The second-order valence-electron chi connectivity index (χ2n) is 6.38. The maximum Gasteiger partial charge on any atom is 0.233 e. The maximum atomic E-state index is 12.2. The number of imide groups is 1. The smallest absolute Gasteiger partial charge is 0.233 e. The van der Waals surface area contributed by atoms with Crippen molar-refractivity contribution in [1.29, 1.82) is 0 Å². The van der Waals surface area contributed by atoms with Crippen LogP contribution >= 0.6 is 23.2 Å². The Bertz CT molecular complexity index is 687. The van der Waals surface area contributed by atoms with Crippen molar-refractivity contribution >= 4 is 46.6 Å². The van der Waals surface area contributed by atoms with E-state index in [1.807, 2.05) is 12.1 Å². The van der Waals surface area contributed by atoms with Gasteiger partial charge in [-0.25, -0.2) is 0 Å². The Kier molecular flexibility index (Phi) is 3.89. The largest absolute Gasteiger partial charge is 0.326 e. The van der Waals surface area contributed by atoms with Gasteiger partial charge >= 0.3 is 0 Å². The number of hydrogen-bond donors (Lipinski definition) is 2. The molecule has 3 rings (SSSR count). The molecule has 0 aromatic heterocycles. The van der Waals surface area contributed by atoms with Crippen LogP contribution in [0.25, 0.3) is 0 Å². The topological polar surface area (TPSA) is 75.3 Å². The van der Waals surface area contributed by atoms with Crippen LogP contribution in [0.1, 0.15) is 25.3 Å². The highest BCUT2D eigenvalue weighted by Crippen LogP contribution is 2.64. The summed E-state index contributed by atoms with van der Waals surface area (Å²) in [6.07, 6.45) is 1.15. The molecule has 5 nitrogen and oxygen atoms in total. The lowest BCUT2D eigenvalue weighted by Crippen LogP contribution is -2.25. The molecular weight excluding hydrogens is 339 g/mol. The molecule has 23 heavy (non-hydrogen) atoms. The zero-order chi connectivity index (χ0) is 16.8. The van der Waals surface area contributed by atoms with Crippen LogP contribution in [0.3, 0.4) is 0 Å². The Labute approximate surface area is 143 Å². The highest BCUT2D eigenvalue weighted by Gasteiger charge is 2.67. The molecule has 1 saturated carbocycles. The number of alkyl halides is 2. The van der Waals surface area contributed by atoms with Gasteiger partial charge in [0.1, 0.15) is 4.33 Å². The Morgan fingerprint density at radius 2 is 1.91 bits per heavy atom. The molecule has 0 bridgehead atoms. The first-order valence-electron chi connectivity index (χ1n) is 7.33. The van der Waals surface area contributed by atoms with Crippen molar-refractivity contribution in [3.63, 3.8) is 0 Å². The van der Waals surface area contributed by atoms with E-state index in [9.17, 15) is 14.4 Å². The summed E-state index contributed by atoms with van der Waals surface area (Å²) in [5, 5.41) is 5.09. The SMILES string of the molecule is C[C@]1(C(=O)Nc2ccc(C[C@H]3CC(=O)NC3=O)cc2)CC1(Cl)Cl. The Morgan fingerprint density at radius 1 is 1.30 bits per heavy atom. The van der Waals surface area contributed by atoms with E-state index in [-0.39, 0.29) is 30.1 Å². The third kappa shape index (κ3) is 3.08. The zero-order valence-corrected chi connectivity index (χ0v) is 14.0. The van der Waals surface area contributed by atoms with E-state index in [4.69, 9.17) is 23.2 Å². The minimum Gasteiger partial charge on any atom is -0.326 e. The molecule has 0 unspecified atom stereocenters. The molecule has 2 atom stereocenters. The Balaban J connectivity index is 1.61. The van der Waals surface area contributed by atoms with Crippen LogP contribution in [0.15, 0.2) is 24.3 Å². The number of amides is 3. The van der Waals surface area contributed by atoms with Crippen molar-refractivity contribution in [3.05, 3.63) is 29.8 Å². The zero-order valence-electron chi connectivity index (χ0n) is 12.5. The summed E-state index contributed by atoms with van der Waals surface area (Å²) in [5.74, 6) is -0.987. The van der Waals surface area contributed by atoms with Crippen LogP contribution in [0.5, 0.6) is 0 Å². The lowest BCUT2D eigenvalue weighted by atomic mass is 9.98. The first-order valence-corrected chi connectivity index (χ1v) is 8.09. The number of hydrogen-bond acceptors (Lipinski definition) is 3. The molecule has 7 heteroatoms. The standard InChI is InChI=1S/C16H16Cl2N2O3/c1-15(8-16(15,17)18)14(23)19-11-4-2-9(3-5-11)6-10-7-12(21)20-13(10)22/h2-5,10H,6-8H2,1H3,(H,19,23)(H,20,21,22)/t10-,15+/m0/s1. The average molecular weight is 355 g/mol. The number of carbonyl (C=O) groups is 3. The second-order valence-corrected chi connectivity index (χ2v) is 7.87. The minimum absolute atomic E-state index is 0.212. The van der Waals surface area contributed by atoms with Crippen LogP contribution in [0.4, 0.5) is 5.69 Å². The Hall–Kier alpha value is -1.59. The average Bonchev–Trinajstić information content (AvgIpc) is 2.83. The van der Waals surface area contributed by atoms with Crippen LogP contribution in [-0.2, 0) is 20.8 Å². The molecule has 1 aromatic rings. The predicted molar refractivity (Wildman–Crippen MR) is 87.2 cm³/mol. The van der Waals surface area contributed by atoms with Gasteiger partial charge in [-0.1, -0.05) is 12.1 Å². The van der Waals surface area contributed by atoms with Crippen molar-refractivity contribution in [2.75, 3.05) is 5.32 Å². The van der Waals surface area contributed by atoms with Crippen molar-refractivity contribution in [2.45, 2.75) is 30.5 Å². The van der Waals surface area contributed by atoms with Crippen LogP contribution in [0.2, 0.25) is 0 Å². The normalized spacial score (nSPS) is 28.4. The third-order valence-corrected chi connectivity index (χ3v) is 5.62. The molecular formula is C16H16Cl2N2O3. The molecule has 0 spiro atoms. The van der Waals surface area contributed by atoms with E-state index < -0.39 is 9.75 Å². The first-order chi connectivity index (χ1) is 10.7. The van der Waals surface area contributed by atoms with E-state index in [1.165, 1.54) is 0 Å². The minimum atomic E-state index is -1.00. The molecule has 0 radical (unpaired) electrons. The van der Waals surface area contributed by atoms with Gasteiger partial charge in [0, 0.05) is 12.1 Å². The van der Waals surface area contributed by atoms with Gasteiger partial charge in [-0.15, -0.1) is 23.2 Å². The van der Waals surface area contributed by atoms with E-state index in [0.29, 0.717) is 18.5 Å². The lowest BCUT2D eigenvalue weighted by molar-refractivity contribution is -0.126. The quantitative estimate of drug-likeness (QED) is 0.643. The summed E-state index contributed by atoms with van der Waals surface area (Å²) >= 11 is 12.0. The highest BCUT2D eigenvalue weighted by molar-refractivity contribution is 6.53. The maximum absolute atomic E-state index is 12.2. The van der Waals surface area contributed by atoms with Gasteiger partial charge in [0.05, 0.1) is 11.3 Å². The van der Waals surface area contributed by atoms with Gasteiger partial charge in [-0.2, -0.15) is 0 Å². The van der Waals surface area contributed by atoms with E-state index in [0.717, 1.165) is 5.56 Å². The summed E-state index contributed by atoms with van der Waals surface area (Å²) in [4.78, 5) is 34.9. The molecule has 1 heterocycles. The van der Waals surface area contributed by atoms with Crippen LogP contribution in [0, 0.1) is 11.3 Å². The molecule has 1 aromatic carbocycles. The highest BCUT2D eigenvalue weighted by atomic mass is 35.5. The molecule has 2 aliphatic rings. The number of benzene rings is 1.